The third-order valence-corrected chi connectivity index (χ3v) is 6.23. The van der Waals surface area contributed by atoms with E-state index < -0.39 is 0 Å². The van der Waals surface area contributed by atoms with Gasteiger partial charge in [-0.15, -0.1) is 6.58 Å². The van der Waals surface area contributed by atoms with Crippen molar-refractivity contribution in [2.75, 3.05) is 13.2 Å². The average molecular weight is 415 g/mol. The van der Waals surface area contributed by atoms with Gasteiger partial charge in [-0.2, -0.15) is 0 Å². The van der Waals surface area contributed by atoms with Crippen LogP contribution in [0.5, 0.6) is 5.75 Å². The molecule has 1 fully saturated rings. The monoisotopic (exact) mass is 414 g/mol. The number of epoxide rings is 1. The smallest absolute Gasteiger partial charge is 0.123 e. The molecule has 30 heavy (non-hydrogen) atoms. The Morgan fingerprint density at radius 1 is 0.800 bits per heavy atom. The van der Waals surface area contributed by atoms with Gasteiger partial charge in [-0.05, 0) is 50.3 Å². The summed E-state index contributed by atoms with van der Waals surface area (Å²) in [6, 6.07) is 8.63. The predicted molar refractivity (Wildman–Crippen MR) is 129 cm³/mol. The number of aryl methyl sites for hydroxylation is 1. The van der Waals surface area contributed by atoms with Crippen molar-refractivity contribution in [3.8, 4) is 5.75 Å². The minimum absolute atomic E-state index is 0.0380. The first-order valence-electron chi connectivity index (χ1n) is 12.7. The minimum Gasteiger partial charge on any atom is -0.491 e. The molecule has 2 nitrogen and oxygen atoms in total. The molecular formula is C28H46O2. The summed E-state index contributed by atoms with van der Waals surface area (Å²) in [5.41, 5.74) is 1.39. The zero-order valence-electron chi connectivity index (χ0n) is 19.6. The summed E-state index contributed by atoms with van der Waals surface area (Å²) in [5.74, 6) is 0.957. The molecule has 0 aromatic heterocycles. The fourth-order valence-corrected chi connectivity index (χ4v) is 3.93. The maximum atomic E-state index is 5.79. The first-order valence-corrected chi connectivity index (χ1v) is 12.7. The number of rotatable bonds is 20. The fourth-order valence-electron chi connectivity index (χ4n) is 3.93. The van der Waals surface area contributed by atoms with Gasteiger partial charge in [0.15, 0.2) is 0 Å². The summed E-state index contributed by atoms with van der Waals surface area (Å²) in [7, 11) is 0. The lowest BCUT2D eigenvalue weighted by Gasteiger charge is -2.09. The Bertz CT molecular complexity index is 544. The molecule has 0 saturated carbocycles. The molecule has 1 atom stereocenters. The van der Waals surface area contributed by atoms with E-state index in [1.54, 1.807) is 0 Å². The third kappa shape index (κ3) is 12.4. The second kappa shape index (κ2) is 15.5. The summed E-state index contributed by atoms with van der Waals surface area (Å²) >= 11 is 0. The highest BCUT2D eigenvalue weighted by Gasteiger charge is 2.40. The Kier molecular flexibility index (Phi) is 12.9. The molecule has 1 heterocycles. The highest BCUT2D eigenvalue weighted by Crippen LogP contribution is 2.27. The first-order chi connectivity index (χ1) is 14.7. The number of hydrogen-bond acceptors (Lipinski definition) is 2. The van der Waals surface area contributed by atoms with Crippen molar-refractivity contribution in [1.29, 1.82) is 0 Å². The molecule has 0 aliphatic carbocycles. The van der Waals surface area contributed by atoms with Crippen LogP contribution in [-0.2, 0) is 11.2 Å². The van der Waals surface area contributed by atoms with E-state index in [-0.39, 0.29) is 5.60 Å². The molecule has 0 radical (unpaired) electrons. The highest BCUT2D eigenvalue weighted by molar-refractivity contribution is 5.27. The van der Waals surface area contributed by atoms with Crippen LogP contribution in [0.3, 0.4) is 0 Å². The molecule has 1 aliphatic heterocycles. The van der Waals surface area contributed by atoms with E-state index in [4.69, 9.17) is 9.47 Å². The van der Waals surface area contributed by atoms with Gasteiger partial charge in [0.25, 0.3) is 0 Å². The van der Waals surface area contributed by atoms with Crippen molar-refractivity contribution >= 4 is 0 Å². The molecule has 0 amide bonds. The number of benzene rings is 1. The number of ether oxygens (including phenoxy) is 2. The maximum Gasteiger partial charge on any atom is 0.123 e. The van der Waals surface area contributed by atoms with Crippen LogP contribution < -0.4 is 4.74 Å². The van der Waals surface area contributed by atoms with Crippen LogP contribution >= 0.6 is 0 Å². The van der Waals surface area contributed by atoms with E-state index in [9.17, 15) is 0 Å². The summed E-state index contributed by atoms with van der Waals surface area (Å²) in [4.78, 5) is 0. The molecule has 170 valence electrons. The van der Waals surface area contributed by atoms with Crippen LogP contribution in [0.25, 0.3) is 0 Å². The molecular weight excluding hydrogens is 368 g/mol. The number of allylic oxidation sites excluding steroid dienone is 1. The van der Waals surface area contributed by atoms with Gasteiger partial charge < -0.3 is 9.47 Å². The topological polar surface area (TPSA) is 21.8 Å². The van der Waals surface area contributed by atoms with Crippen molar-refractivity contribution < 1.29 is 9.47 Å². The van der Waals surface area contributed by atoms with Gasteiger partial charge in [-0.1, -0.05) is 95.3 Å². The first kappa shape index (κ1) is 25.0. The van der Waals surface area contributed by atoms with E-state index in [0.717, 1.165) is 12.4 Å². The number of hydrogen-bond donors (Lipinski definition) is 0. The van der Waals surface area contributed by atoms with E-state index in [1.165, 1.54) is 108 Å². The zero-order chi connectivity index (χ0) is 21.3. The minimum atomic E-state index is -0.0380. The van der Waals surface area contributed by atoms with E-state index in [1.807, 2.05) is 6.08 Å². The Labute approximate surface area is 186 Å². The third-order valence-electron chi connectivity index (χ3n) is 6.23. The Balaban J connectivity index is 1.32. The van der Waals surface area contributed by atoms with Crippen molar-refractivity contribution in [2.45, 2.75) is 115 Å². The van der Waals surface area contributed by atoms with E-state index in [0.29, 0.717) is 6.61 Å². The van der Waals surface area contributed by atoms with Gasteiger partial charge in [-0.3, -0.25) is 0 Å². The molecule has 0 bridgehead atoms. The van der Waals surface area contributed by atoms with Crippen molar-refractivity contribution in [3.63, 3.8) is 0 Å². The van der Waals surface area contributed by atoms with Crippen LogP contribution in [0, 0.1) is 0 Å². The van der Waals surface area contributed by atoms with Gasteiger partial charge in [0.1, 0.15) is 18.0 Å². The van der Waals surface area contributed by atoms with Crippen LogP contribution in [-0.4, -0.2) is 18.8 Å². The van der Waals surface area contributed by atoms with Crippen LogP contribution in [0.2, 0.25) is 0 Å². The SMILES string of the molecule is C=CCCCCCCCCCCCCCCCCc1ccc(OCC2(C)CO2)cc1. The summed E-state index contributed by atoms with van der Waals surface area (Å²) in [6.07, 6.45) is 24.1. The molecule has 2 rings (SSSR count). The zero-order valence-corrected chi connectivity index (χ0v) is 19.6. The summed E-state index contributed by atoms with van der Waals surface area (Å²) < 4.78 is 11.1. The number of unbranched alkanes of at least 4 members (excludes halogenated alkanes) is 14. The molecule has 0 N–H and O–H groups in total. The highest BCUT2D eigenvalue weighted by atomic mass is 16.6. The Morgan fingerprint density at radius 3 is 1.73 bits per heavy atom. The lowest BCUT2D eigenvalue weighted by Crippen LogP contribution is -2.16. The summed E-state index contributed by atoms with van der Waals surface area (Å²) in [6.45, 7) is 7.36. The molecule has 1 unspecified atom stereocenters. The molecule has 2 heteroatoms. The molecule has 1 aromatic rings. The van der Waals surface area contributed by atoms with Gasteiger partial charge in [-0.25, -0.2) is 0 Å². The predicted octanol–water partition coefficient (Wildman–Crippen LogP) is 8.43. The fraction of sp³-hybridized carbons (Fsp3) is 0.714. The second-order valence-corrected chi connectivity index (χ2v) is 9.45. The van der Waals surface area contributed by atoms with Gasteiger partial charge in [0, 0.05) is 0 Å². The normalized spacial score (nSPS) is 17.8. The average Bonchev–Trinajstić information content (AvgIpc) is 3.50. The van der Waals surface area contributed by atoms with E-state index >= 15 is 0 Å². The van der Waals surface area contributed by atoms with Gasteiger partial charge >= 0.3 is 0 Å². The van der Waals surface area contributed by atoms with Crippen molar-refractivity contribution in [2.24, 2.45) is 0 Å². The van der Waals surface area contributed by atoms with Crippen LogP contribution in [0.15, 0.2) is 36.9 Å². The van der Waals surface area contributed by atoms with Crippen LogP contribution in [0.1, 0.15) is 109 Å². The summed E-state index contributed by atoms with van der Waals surface area (Å²) in [5, 5.41) is 0. The lowest BCUT2D eigenvalue weighted by molar-refractivity contribution is 0.202. The quantitative estimate of drug-likeness (QED) is 0.121. The largest absolute Gasteiger partial charge is 0.491 e. The lowest BCUT2D eigenvalue weighted by atomic mass is 10.0. The van der Waals surface area contributed by atoms with Crippen LogP contribution in [0.4, 0.5) is 0 Å². The standard InChI is InChI=1S/C28H46O2/c1-3-4-5-6-7-8-9-10-11-12-13-14-15-16-17-18-19-26-20-22-27(23-21-26)29-24-28(2)25-30-28/h3,20-23H,1,4-19,24-25H2,2H3. The van der Waals surface area contributed by atoms with Gasteiger partial charge in [0.2, 0.25) is 0 Å². The van der Waals surface area contributed by atoms with Crippen molar-refractivity contribution in [1.82, 2.24) is 0 Å². The molecule has 1 aromatic carbocycles. The molecule has 1 aliphatic rings. The Hall–Kier alpha value is -1.28. The molecule has 1 saturated heterocycles. The second-order valence-electron chi connectivity index (χ2n) is 9.45. The maximum absolute atomic E-state index is 5.79. The Morgan fingerprint density at radius 2 is 1.27 bits per heavy atom. The van der Waals surface area contributed by atoms with Gasteiger partial charge in [0.05, 0.1) is 6.61 Å². The van der Waals surface area contributed by atoms with Crippen molar-refractivity contribution in [3.05, 3.63) is 42.5 Å². The van der Waals surface area contributed by atoms with E-state index in [2.05, 4.69) is 37.8 Å². The molecule has 0 spiro atoms.